The molecule has 5 nitrogen and oxygen atoms in total. The third-order valence-corrected chi connectivity index (χ3v) is 0.969. The topological polar surface area (TPSA) is 94.8 Å². The minimum atomic E-state index is -2.02. The Balaban J connectivity index is 4.07. The maximum Gasteiger partial charge on any atom is 0.335 e. The monoisotopic (exact) mass is 148 g/mol. The number of aliphatic carboxylic acids is 1. The minimum absolute atomic E-state index is 0.769. The number of aliphatic hydroxyl groups is 2. The quantitative estimate of drug-likeness (QED) is 0.447. The highest BCUT2D eigenvalue weighted by atomic mass is 16.4. The minimum Gasteiger partial charge on any atom is -0.479 e. The van der Waals surface area contributed by atoms with Crippen LogP contribution in [0.4, 0.5) is 0 Å². The molecule has 0 aromatic rings. The summed E-state index contributed by atoms with van der Waals surface area (Å²) in [7, 11) is 0. The van der Waals surface area contributed by atoms with Gasteiger partial charge in [-0.25, -0.2) is 4.79 Å². The van der Waals surface area contributed by atoms with Gasteiger partial charge in [-0.15, -0.1) is 0 Å². The summed E-state index contributed by atoms with van der Waals surface area (Å²) in [6.45, 7) is 0.997. The molecule has 0 saturated heterocycles. The first-order valence-corrected chi connectivity index (χ1v) is 2.56. The van der Waals surface area contributed by atoms with E-state index >= 15 is 0 Å². The van der Waals surface area contributed by atoms with Gasteiger partial charge in [-0.2, -0.15) is 0 Å². The SMILES string of the molecule is CC(=O)C(O)C(O)C(=O)O. The van der Waals surface area contributed by atoms with Crippen LogP contribution >= 0.6 is 0 Å². The second-order valence-electron chi connectivity index (χ2n) is 1.84. The number of carbonyl (C=O) groups is 2. The van der Waals surface area contributed by atoms with Crippen LogP contribution in [0.1, 0.15) is 6.92 Å². The van der Waals surface area contributed by atoms with E-state index in [1.54, 1.807) is 0 Å². The molecule has 0 aliphatic heterocycles. The van der Waals surface area contributed by atoms with Crippen LogP contribution in [0, 0.1) is 0 Å². The smallest absolute Gasteiger partial charge is 0.335 e. The average molecular weight is 148 g/mol. The van der Waals surface area contributed by atoms with Crippen molar-refractivity contribution in [1.82, 2.24) is 0 Å². The predicted octanol–water partition coefficient (Wildman–Crippen LogP) is -1.62. The van der Waals surface area contributed by atoms with Crippen LogP contribution in [0.5, 0.6) is 0 Å². The molecule has 58 valence electrons. The first-order valence-electron chi connectivity index (χ1n) is 2.56. The molecule has 0 saturated carbocycles. The third kappa shape index (κ3) is 2.12. The Labute approximate surface area is 56.9 Å². The van der Waals surface area contributed by atoms with Crippen LogP contribution in [0.3, 0.4) is 0 Å². The van der Waals surface area contributed by atoms with Crippen molar-refractivity contribution >= 4 is 11.8 Å². The van der Waals surface area contributed by atoms with E-state index in [0.717, 1.165) is 6.92 Å². The van der Waals surface area contributed by atoms with E-state index in [-0.39, 0.29) is 0 Å². The number of aliphatic hydroxyl groups excluding tert-OH is 2. The van der Waals surface area contributed by atoms with Crippen molar-refractivity contribution in [2.75, 3.05) is 0 Å². The van der Waals surface area contributed by atoms with Crippen LogP contribution in [0.25, 0.3) is 0 Å². The van der Waals surface area contributed by atoms with Crippen molar-refractivity contribution in [3.63, 3.8) is 0 Å². The Morgan fingerprint density at radius 3 is 1.70 bits per heavy atom. The van der Waals surface area contributed by atoms with Gasteiger partial charge in [0.05, 0.1) is 0 Å². The molecule has 0 fully saturated rings. The molecule has 0 radical (unpaired) electrons. The van der Waals surface area contributed by atoms with Crippen molar-refractivity contribution in [2.24, 2.45) is 0 Å². The highest BCUT2D eigenvalue weighted by Gasteiger charge is 2.26. The van der Waals surface area contributed by atoms with Gasteiger partial charge in [0, 0.05) is 0 Å². The van der Waals surface area contributed by atoms with E-state index in [0.29, 0.717) is 0 Å². The summed E-state index contributed by atoms with van der Waals surface area (Å²) in [4.78, 5) is 20.1. The molecule has 2 atom stereocenters. The van der Waals surface area contributed by atoms with Crippen LogP contribution in [0.15, 0.2) is 0 Å². The van der Waals surface area contributed by atoms with Crippen molar-refractivity contribution in [1.29, 1.82) is 0 Å². The molecule has 0 amide bonds. The molecular weight excluding hydrogens is 140 g/mol. The number of hydrogen-bond acceptors (Lipinski definition) is 4. The molecule has 0 heterocycles. The van der Waals surface area contributed by atoms with Crippen LogP contribution in [0.2, 0.25) is 0 Å². The van der Waals surface area contributed by atoms with Crippen LogP contribution in [-0.4, -0.2) is 39.3 Å². The third-order valence-electron chi connectivity index (χ3n) is 0.969. The molecule has 0 aliphatic carbocycles. The maximum absolute atomic E-state index is 10.2. The van der Waals surface area contributed by atoms with Gasteiger partial charge in [0.1, 0.15) is 6.10 Å². The number of Topliss-reactive ketones (excluding diaryl/α,β-unsaturated/α-hetero) is 1. The highest BCUT2D eigenvalue weighted by molar-refractivity contribution is 5.87. The molecule has 3 N–H and O–H groups in total. The summed E-state index contributed by atoms with van der Waals surface area (Å²) in [5.74, 6) is -2.38. The van der Waals surface area contributed by atoms with E-state index in [2.05, 4.69) is 0 Å². The fraction of sp³-hybridized carbons (Fsp3) is 0.600. The highest BCUT2D eigenvalue weighted by Crippen LogP contribution is 1.93. The van der Waals surface area contributed by atoms with Gasteiger partial charge in [0.15, 0.2) is 11.9 Å². The number of hydrogen-bond donors (Lipinski definition) is 3. The van der Waals surface area contributed by atoms with E-state index in [9.17, 15) is 9.59 Å². The summed E-state index contributed by atoms with van der Waals surface area (Å²) in [6, 6.07) is 0. The molecular formula is C5H8O5. The second-order valence-corrected chi connectivity index (χ2v) is 1.84. The summed E-state index contributed by atoms with van der Waals surface area (Å²) in [5, 5.41) is 25.1. The van der Waals surface area contributed by atoms with Gasteiger partial charge >= 0.3 is 5.97 Å². The zero-order chi connectivity index (χ0) is 8.31. The van der Waals surface area contributed by atoms with Crippen molar-refractivity contribution in [3.8, 4) is 0 Å². The number of carboxylic acids is 1. The van der Waals surface area contributed by atoms with E-state index < -0.39 is 24.0 Å². The molecule has 0 spiro atoms. The molecule has 0 bridgehead atoms. The lowest BCUT2D eigenvalue weighted by Gasteiger charge is -2.08. The molecule has 5 heteroatoms. The van der Waals surface area contributed by atoms with Gasteiger partial charge < -0.3 is 15.3 Å². The Morgan fingerprint density at radius 1 is 1.20 bits per heavy atom. The van der Waals surface area contributed by atoms with E-state index in [1.165, 1.54) is 0 Å². The van der Waals surface area contributed by atoms with Gasteiger partial charge in [0.2, 0.25) is 0 Å². The fourth-order valence-electron chi connectivity index (χ4n) is 0.357. The van der Waals surface area contributed by atoms with Gasteiger partial charge in [-0.3, -0.25) is 4.79 Å². The first kappa shape index (κ1) is 9.06. The average Bonchev–Trinajstić information content (AvgIpc) is 1.84. The van der Waals surface area contributed by atoms with E-state index in [1.807, 2.05) is 0 Å². The van der Waals surface area contributed by atoms with Crippen LogP contribution < -0.4 is 0 Å². The van der Waals surface area contributed by atoms with Gasteiger partial charge in [-0.1, -0.05) is 0 Å². The first-order chi connectivity index (χ1) is 4.46. The zero-order valence-corrected chi connectivity index (χ0v) is 5.31. The molecule has 0 aromatic carbocycles. The van der Waals surface area contributed by atoms with Crippen molar-refractivity contribution < 1.29 is 24.9 Å². The van der Waals surface area contributed by atoms with Crippen molar-refractivity contribution in [3.05, 3.63) is 0 Å². The lowest BCUT2D eigenvalue weighted by Crippen LogP contribution is -2.38. The molecule has 10 heavy (non-hydrogen) atoms. The lowest BCUT2D eigenvalue weighted by molar-refractivity contribution is -0.156. The zero-order valence-electron chi connectivity index (χ0n) is 5.31. The molecule has 0 rings (SSSR count). The largest absolute Gasteiger partial charge is 0.479 e. The summed E-state index contributed by atoms with van der Waals surface area (Å²) in [6.07, 6.45) is -3.84. The number of rotatable bonds is 3. The number of carboxylic acid groups (broad SMARTS) is 1. The summed E-state index contributed by atoms with van der Waals surface area (Å²) in [5.41, 5.74) is 0. The summed E-state index contributed by atoms with van der Waals surface area (Å²) < 4.78 is 0. The molecule has 0 aliphatic rings. The second kappa shape index (κ2) is 3.28. The Hall–Kier alpha value is -0.940. The van der Waals surface area contributed by atoms with Gasteiger partial charge in [0.25, 0.3) is 0 Å². The predicted molar refractivity (Wildman–Crippen MR) is 30.3 cm³/mol. The lowest BCUT2D eigenvalue weighted by atomic mass is 10.1. The standard InChI is InChI=1S/C5H8O5/c1-2(6)3(7)4(8)5(9)10/h3-4,7-8H,1H3,(H,9,10). The fourth-order valence-corrected chi connectivity index (χ4v) is 0.357. The van der Waals surface area contributed by atoms with E-state index in [4.69, 9.17) is 15.3 Å². The molecule has 0 aromatic heterocycles. The summed E-state index contributed by atoms with van der Waals surface area (Å²) >= 11 is 0. The van der Waals surface area contributed by atoms with Gasteiger partial charge in [-0.05, 0) is 6.92 Å². The van der Waals surface area contributed by atoms with Crippen LogP contribution in [-0.2, 0) is 9.59 Å². The normalized spacial score (nSPS) is 15.9. The maximum atomic E-state index is 10.2. The Morgan fingerprint density at radius 2 is 1.60 bits per heavy atom. The number of carbonyl (C=O) groups excluding carboxylic acids is 1. The Bertz CT molecular complexity index is 134. The van der Waals surface area contributed by atoms with Crippen molar-refractivity contribution in [2.45, 2.75) is 19.1 Å². The number of ketones is 1. The Kier molecular flexibility index (Phi) is 2.98. The molecule has 2 unspecified atom stereocenters.